The van der Waals surface area contributed by atoms with E-state index in [0.717, 1.165) is 47.9 Å². The van der Waals surface area contributed by atoms with Gasteiger partial charge in [-0.25, -0.2) is 13.4 Å². The van der Waals surface area contributed by atoms with E-state index in [1.54, 1.807) is 6.92 Å². The number of alkyl halides is 3. The standard InChI is InChI=1S/C18H18F3N5O3S3/c1-10-14(11-3-4-13(32(2,27)28)12(9-11)18(19,20)21)30-15(22-10)23-16-24-25-17(31-16)26-5-7-29-8-6-26/h3-4,9H,5-8H2,1-2H3,(H,22,23,24). The average Bonchev–Trinajstić information content (AvgIpc) is 3.33. The van der Waals surface area contributed by atoms with Crippen LogP contribution in [0.4, 0.5) is 28.6 Å². The summed E-state index contributed by atoms with van der Waals surface area (Å²) < 4.78 is 69.4. The number of anilines is 3. The molecule has 32 heavy (non-hydrogen) atoms. The van der Waals surface area contributed by atoms with E-state index in [2.05, 4.69) is 25.4 Å². The molecule has 172 valence electrons. The summed E-state index contributed by atoms with van der Waals surface area (Å²) in [6.07, 6.45) is -4.05. The zero-order chi connectivity index (χ0) is 23.1. The molecule has 0 atom stereocenters. The fourth-order valence-electron chi connectivity index (χ4n) is 3.17. The molecule has 0 aliphatic carbocycles. The molecule has 0 bridgehead atoms. The molecule has 1 aliphatic rings. The maximum absolute atomic E-state index is 13.5. The number of sulfone groups is 1. The lowest BCUT2D eigenvalue weighted by molar-refractivity contribution is -0.139. The molecule has 0 spiro atoms. The van der Waals surface area contributed by atoms with Crippen LogP contribution in [0.3, 0.4) is 0 Å². The van der Waals surface area contributed by atoms with E-state index in [0.29, 0.717) is 34.0 Å². The number of rotatable bonds is 5. The van der Waals surface area contributed by atoms with Crippen LogP contribution in [-0.2, 0) is 20.8 Å². The van der Waals surface area contributed by atoms with Gasteiger partial charge in [0.2, 0.25) is 10.3 Å². The minimum atomic E-state index is -4.81. The van der Waals surface area contributed by atoms with Crippen LogP contribution in [0.1, 0.15) is 11.3 Å². The molecule has 0 saturated carbocycles. The number of nitrogens with zero attached hydrogens (tertiary/aromatic N) is 4. The number of nitrogens with one attached hydrogen (secondary N) is 1. The molecule has 1 fully saturated rings. The van der Waals surface area contributed by atoms with Crippen LogP contribution in [0.2, 0.25) is 0 Å². The van der Waals surface area contributed by atoms with Crippen LogP contribution in [0, 0.1) is 6.92 Å². The smallest absolute Gasteiger partial charge is 0.378 e. The third-order valence-electron chi connectivity index (χ3n) is 4.65. The SMILES string of the molecule is Cc1nc(Nc2nnc(N3CCOCC3)s2)sc1-c1ccc(S(C)(=O)=O)c(C(F)(F)F)c1. The van der Waals surface area contributed by atoms with E-state index in [4.69, 9.17) is 4.74 Å². The van der Waals surface area contributed by atoms with Gasteiger partial charge in [-0.2, -0.15) is 13.2 Å². The maximum Gasteiger partial charge on any atom is 0.417 e. The van der Waals surface area contributed by atoms with Crippen molar-refractivity contribution >= 4 is 47.9 Å². The Morgan fingerprint density at radius 3 is 2.50 bits per heavy atom. The topological polar surface area (TPSA) is 97.3 Å². The van der Waals surface area contributed by atoms with E-state index < -0.39 is 26.5 Å². The van der Waals surface area contributed by atoms with Gasteiger partial charge in [0.25, 0.3) is 0 Å². The van der Waals surface area contributed by atoms with Crippen molar-refractivity contribution in [1.82, 2.24) is 15.2 Å². The maximum atomic E-state index is 13.5. The summed E-state index contributed by atoms with van der Waals surface area (Å²) in [6.45, 7) is 4.36. The second kappa shape index (κ2) is 8.57. The van der Waals surface area contributed by atoms with Crippen LogP contribution < -0.4 is 10.2 Å². The van der Waals surface area contributed by atoms with E-state index >= 15 is 0 Å². The van der Waals surface area contributed by atoms with Crippen LogP contribution in [0.25, 0.3) is 10.4 Å². The van der Waals surface area contributed by atoms with Crippen molar-refractivity contribution in [2.45, 2.75) is 18.0 Å². The molecular weight excluding hydrogens is 487 g/mol. The van der Waals surface area contributed by atoms with Gasteiger partial charge in [0.1, 0.15) is 0 Å². The van der Waals surface area contributed by atoms with Gasteiger partial charge in [-0.15, -0.1) is 10.2 Å². The van der Waals surface area contributed by atoms with Gasteiger partial charge in [-0.1, -0.05) is 28.7 Å². The lowest BCUT2D eigenvalue weighted by Crippen LogP contribution is -2.36. The first-order valence-electron chi connectivity index (χ1n) is 9.35. The summed E-state index contributed by atoms with van der Waals surface area (Å²) in [5.74, 6) is 0. The monoisotopic (exact) mass is 505 g/mol. The summed E-state index contributed by atoms with van der Waals surface area (Å²) in [4.78, 5) is 6.19. The van der Waals surface area contributed by atoms with Gasteiger partial charge in [0.15, 0.2) is 15.0 Å². The number of hydrogen-bond acceptors (Lipinski definition) is 10. The molecule has 1 aromatic carbocycles. The van der Waals surface area contributed by atoms with Gasteiger partial charge in [-0.3, -0.25) is 0 Å². The number of hydrogen-bond donors (Lipinski definition) is 1. The van der Waals surface area contributed by atoms with Crippen molar-refractivity contribution in [2.75, 3.05) is 42.8 Å². The molecule has 14 heteroatoms. The van der Waals surface area contributed by atoms with Crippen molar-refractivity contribution in [3.05, 3.63) is 29.5 Å². The van der Waals surface area contributed by atoms with E-state index in [9.17, 15) is 21.6 Å². The molecule has 8 nitrogen and oxygen atoms in total. The predicted octanol–water partition coefficient (Wildman–Crippen LogP) is 3.97. The summed E-state index contributed by atoms with van der Waals surface area (Å²) in [7, 11) is -4.04. The molecule has 1 aliphatic heterocycles. The molecule has 0 unspecified atom stereocenters. The zero-order valence-corrected chi connectivity index (χ0v) is 19.4. The first-order chi connectivity index (χ1) is 15.0. The first kappa shape index (κ1) is 22.9. The lowest BCUT2D eigenvalue weighted by Gasteiger charge is -2.25. The molecule has 2 aromatic heterocycles. The molecule has 0 amide bonds. The number of halogens is 3. The molecule has 1 saturated heterocycles. The molecule has 3 heterocycles. The van der Waals surface area contributed by atoms with Crippen LogP contribution >= 0.6 is 22.7 Å². The minimum Gasteiger partial charge on any atom is -0.378 e. The number of benzene rings is 1. The van der Waals surface area contributed by atoms with Crippen molar-refractivity contribution in [3.8, 4) is 10.4 Å². The molecule has 0 radical (unpaired) electrons. The van der Waals surface area contributed by atoms with Gasteiger partial charge in [-0.05, 0) is 24.6 Å². The molecule has 1 N–H and O–H groups in total. The summed E-state index contributed by atoms with van der Waals surface area (Å²) in [5, 5.41) is 13.0. The predicted molar refractivity (Wildman–Crippen MR) is 117 cm³/mol. The lowest BCUT2D eigenvalue weighted by atomic mass is 10.1. The fourth-order valence-corrected chi connectivity index (χ4v) is 5.89. The highest BCUT2D eigenvalue weighted by molar-refractivity contribution is 7.90. The Labute approximate surface area is 190 Å². The number of morpholine rings is 1. The van der Waals surface area contributed by atoms with Gasteiger partial charge in [0, 0.05) is 19.3 Å². The van der Waals surface area contributed by atoms with Crippen LogP contribution in [-0.4, -0.2) is 56.2 Å². The fraction of sp³-hybridized carbons (Fsp3) is 0.389. The molecule has 4 rings (SSSR count). The van der Waals surface area contributed by atoms with E-state index in [1.165, 1.54) is 17.4 Å². The highest BCUT2D eigenvalue weighted by Gasteiger charge is 2.36. The Morgan fingerprint density at radius 2 is 1.84 bits per heavy atom. The second-order valence-electron chi connectivity index (χ2n) is 7.03. The van der Waals surface area contributed by atoms with Gasteiger partial charge >= 0.3 is 6.18 Å². The van der Waals surface area contributed by atoms with Crippen molar-refractivity contribution in [2.24, 2.45) is 0 Å². The summed E-state index contributed by atoms with van der Waals surface area (Å²) in [5.41, 5.74) is -0.450. The van der Waals surface area contributed by atoms with Gasteiger partial charge in [0.05, 0.1) is 34.2 Å². The third kappa shape index (κ3) is 4.87. The van der Waals surface area contributed by atoms with Crippen LogP contribution in [0.5, 0.6) is 0 Å². The quantitative estimate of drug-likeness (QED) is 0.556. The highest BCUT2D eigenvalue weighted by atomic mass is 32.2. The number of aromatic nitrogens is 3. The average molecular weight is 506 g/mol. The third-order valence-corrected chi connectivity index (χ3v) is 7.83. The summed E-state index contributed by atoms with van der Waals surface area (Å²) in [6, 6.07) is 3.19. The van der Waals surface area contributed by atoms with Crippen molar-refractivity contribution in [3.63, 3.8) is 0 Å². The Hall–Kier alpha value is -2.29. The zero-order valence-electron chi connectivity index (χ0n) is 16.9. The van der Waals surface area contributed by atoms with Crippen LogP contribution in [0.15, 0.2) is 23.1 Å². The van der Waals surface area contributed by atoms with Gasteiger partial charge < -0.3 is 15.0 Å². The molecular formula is C18H18F3N5O3S3. The highest BCUT2D eigenvalue weighted by Crippen LogP contribution is 2.40. The molecule has 3 aromatic rings. The van der Waals surface area contributed by atoms with E-state index in [1.807, 2.05) is 0 Å². The largest absolute Gasteiger partial charge is 0.417 e. The first-order valence-corrected chi connectivity index (χ1v) is 12.9. The van der Waals surface area contributed by atoms with E-state index in [-0.39, 0.29) is 5.56 Å². The Bertz CT molecular complexity index is 1230. The normalized spacial score (nSPS) is 15.2. The Morgan fingerprint density at radius 1 is 1.12 bits per heavy atom. The number of thiazole rings is 1. The summed E-state index contributed by atoms with van der Waals surface area (Å²) >= 11 is 2.50. The Balaban J connectivity index is 1.61. The second-order valence-corrected chi connectivity index (χ2v) is 11.0. The number of aryl methyl sites for hydroxylation is 1. The number of ether oxygens (including phenoxy) is 1. The Kier molecular flexibility index (Phi) is 6.13. The van der Waals surface area contributed by atoms with Crippen molar-refractivity contribution in [1.29, 1.82) is 0 Å². The van der Waals surface area contributed by atoms with Crippen molar-refractivity contribution < 1.29 is 26.3 Å². The minimum absolute atomic E-state index is 0.235.